The lowest BCUT2D eigenvalue weighted by Crippen LogP contribution is -2.42. The minimum absolute atomic E-state index is 0.128. The fourth-order valence-corrected chi connectivity index (χ4v) is 3.58. The lowest BCUT2D eigenvalue weighted by molar-refractivity contribution is 0.0187. The van der Waals surface area contributed by atoms with E-state index in [2.05, 4.69) is 16.0 Å². The van der Waals surface area contributed by atoms with E-state index in [0.717, 1.165) is 12.8 Å². The second-order valence-electron chi connectivity index (χ2n) is 8.73. The molecule has 2 aromatic rings. The number of anilines is 2. The van der Waals surface area contributed by atoms with Crippen LogP contribution in [0.15, 0.2) is 42.6 Å². The second kappa shape index (κ2) is 9.76. The number of nitrogens with zero attached hydrogens (tertiary/aromatic N) is 2. The van der Waals surface area contributed by atoms with Crippen molar-refractivity contribution < 1.29 is 19.1 Å². The summed E-state index contributed by atoms with van der Waals surface area (Å²) in [7, 11) is 1.54. The highest BCUT2D eigenvalue weighted by atomic mass is 16.6. The second-order valence-corrected chi connectivity index (χ2v) is 8.73. The summed E-state index contributed by atoms with van der Waals surface area (Å²) in [5.41, 5.74) is 1.30. The number of nitrogens with one attached hydrogen (secondary N) is 3. The number of amides is 4. The molecular weight excluding hydrogens is 410 g/mol. The van der Waals surface area contributed by atoms with Gasteiger partial charge in [0.1, 0.15) is 11.3 Å². The van der Waals surface area contributed by atoms with E-state index in [9.17, 15) is 14.4 Å². The third kappa shape index (κ3) is 6.03. The van der Waals surface area contributed by atoms with Crippen LogP contribution in [0.4, 0.5) is 21.0 Å². The quantitative estimate of drug-likeness (QED) is 0.665. The van der Waals surface area contributed by atoms with Gasteiger partial charge in [0, 0.05) is 43.8 Å². The van der Waals surface area contributed by atoms with E-state index in [0.29, 0.717) is 30.2 Å². The van der Waals surface area contributed by atoms with Gasteiger partial charge in [-0.1, -0.05) is 0 Å². The van der Waals surface area contributed by atoms with Gasteiger partial charge < -0.3 is 30.2 Å². The van der Waals surface area contributed by atoms with Crippen LogP contribution in [0.5, 0.6) is 0 Å². The molecule has 1 aromatic carbocycles. The maximum absolute atomic E-state index is 12.9. The molecule has 3 N–H and O–H groups in total. The first-order valence-electron chi connectivity index (χ1n) is 10.7. The van der Waals surface area contributed by atoms with Crippen molar-refractivity contribution in [2.75, 3.05) is 30.8 Å². The number of rotatable bonds is 4. The number of ether oxygens (including phenoxy) is 1. The van der Waals surface area contributed by atoms with Crippen LogP contribution in [-0.4, -0.2) is 53.2 Å². The van der Waals surface area contributed by atoms with Gasteiger partial charge in [-0.25, -0.2) is 9.59 Å². The minimum Gasteiger partial charge on any atom is -0.444 e. The van der Waals surface area contributed by atoms with Gasteiger partial charge >= 0.3 is 12.1 Å². The van der Waals surface area contributed by atoms with Gasteiger partial charge in [0.15, 0.2) is 0 Å². The van der Waals surface area contributed by atoms with E-state index in [1.807, 2.05) is 37.6 Å². The molecule has 0 saturated carbocycles. The number of piperidine rings is 1. The molecule has 1 aliphatic heterocycles. The number of aromatic nitrogens is 1. The Balaban J connectivity index is 1.59. The molecule has 0 unspecified atom stereocenters. The molecule has 2 heterocycles. The molecule has 32 heavy (non-hydrogen) atoms. The third-order valence-corrected chi connectivity index (χ3v) is 5.15. The van der Waals surface area contributed by atoms with E-state index in [1.54, 1.807) is 42.3 Å². The largest absolute Gasteiger partial charge is 0.444 e. The zero-order valence-corrected chi connectivity index (χ0v) is 19.0. The Morgan fingerprint density at radius 2 is 1.56 bits per heavy atom. The molecule has 1 aliphatic rings. The van der Waals surface area contributed by atoms with E-state index in [4.69, 9.17) is 4.74 Å². The fourth-order valence-electron chi connectivity index (χ4n) is 3.58. The molecule has 0 radical (unpaired) electrons. The zero-order valence-electron chi connectivity index (χ0n) is 19.0. The Kier molecular flexibility index (Phi) is 7.07. The summed E-state index contributed by atoms with van der Waals surface area (Å²) in [5.74, 6) is -0.211. The number of hydrogen-bond donors (Lipinski definition) is 3. The summed E-state index contributed by atoms with van der Waals surface area (Å²) < 4.78 is 7.43. The standard InChI is InChI=1S/C23H31N5O4/c1-23(2,3)32-22(31)27-14-11-18(12-15-27)28-13-5-6-19(28)20(29)25-16-7-9-17(10-8-16)26-21(30)24-4/h5-10,13,18H,11-12,14-15H2,1-4H3,(H,25,29)(H2,24,26,30). The van der Waals surface area contributed by atoms with Gasteiger partial charge in [-0.3, -0.25) is 4.79 Å². The summed E-state index contributed by atoms with van der Waals surface area (Å²) >= 11 is 0. The summed E-state index contributed by atoms with van der Waals surface area (Å²) in [4.78, 5) is 38.3. The van der Waals surface area contributed by atoms with Crippen molar-refractivity contribution in [1.82, 2.24) is 14.8 Å². The number of hydrogen-bond acceptors (Lipinski definition) is 4. The molecule has 1 saturated heterocycles. The summed E-state index contributed by atoms with van der Waals surface area (Å²) in [6.07, 6.45) is 3.09. The van der Waals surface area contributed by atoms with Gasteiger partial charge in [-0.15, -0.1) is 0 Å². The van der Waals surface area contributed by atoms with Crippen LogP contribution in [0.25, 0.3) is 0 Å². The van der Waals surface area contributed by atoms with Crippen molar-refractivity contribution in [1.29, 1.82) is 0 Å². The molecule has 0 atom stereocenters. The van der Waals surface area contributed by atoms with Crippen LogP contribution < -0.4 is 16.0 Å². The molecule has 0 aliphatic carbocycles. The molecule has 3 rings (SSSR count). The molecule has 0 spiro atoms. The predicted octanol–water partition coefficient (Wildman–Crippen LogP) is 4.06. The van der Waals surface area contributed by atoms with Crippen molar-refractivity contribution in [3.8, 4) is 0 Å². The average molecular weight is 442 g/mol. The summed E-state index contributed by atoms with van der Waals surface area (Å²) in [5, 5.41) is 8.05. The van der Waals surface area contributed by atoms with Crippen LogP contribution in [-0.2, 0) is 4.74 Å². The van der Waals surface area contributed by atoms with E-state index < -0.39 is 5.60 Å². The normalized spacial score (nSPS) is 14.6. The van der Waals surface area contributed by atoms with Gasteiger partial charge in [-0.2, -0.15) is 0 Å². The number of likely N-dealkylation sites (tertiary alicyclic amines) is 1. The first kappa shape index (κ1) is 23.2. The van der Waals surface area contributed by atoms with Crippen LogP contribution in [0.1, 0.15) is 50.1 Å². The fraction of sp³-hybridized carbons (Fsp3) is 0.435. The van der Waals surface area contributed by atoms with E-state index >= 15 is 0 Å². The molecule has 0 bridgehead atoms. The zero-order chi connectivity index (χ0) is 23.3. The van der Waals surface area contributed by atoms with E-state index in [-0.39, 0.29) is 24.1 Å². The highest BCUT2D eigenvalue weighted by molar-refractivity contribution is 6.03. The monoisotopic (exact) mass is 441 g/mol. The van der Waals surface area contributed by atoms with Crippen molar-refractivity contribution in [3.63, 3.8) is 0 Å². The van der Waals surface area contributed by atoms with Crippen molar-refractivity contribution in [2.24, 2.45) is 0 Å². The Labute approximate surface area is 188 Å². The third-order valence-electron chi connectivity index (χ3n) is 5.15. The van der Waals surface area contributed by atoms with Crippen molar-refractivity contribution in [3.05, 3.63) is 48.3 Å². The lowest BCUT2D eigenvalue weighted by Gasteiger charge is -2.34. The predicted molar refractivity (Wildman–Crippen MR) is 123 cm³/mol. The lowest BCUT2D eigenvalue weighted by atomic mass is 10.0. The number of urea groups is 1. The smallest absolute Gasteiger partial charge is 0.410 e. The Morgan fingerprint density at radius 3 is 2.12 bits per heavy atom. The van der Waals surface area contributed by atoms with Gasteiger partial charge in [0.2, 0.25) is 0 Å². The van der Waals surface area contributed by atoms with Crippen LogP contribution in [0.2, 0.25) is 0 Å². The van der Waals surface area contributed by atoms with Crippen molar-refractivity contribution in [2.45, 2.75) is 45.3 Å². The van der Waals surface area contributed by atoms with Gasteiger partial charge in [-0.05, 0) is 70.0 Å². The van der Waals surface area contributed by atoms with Crippen LogP contribution in [0.3, 0.4) is 0 Å². The first-order chi connectivity index (χ1) is 15.2. The highest BCUT2D eigenvalue weighted by Gasteiger charge is 2.28. The number of carbonyl (C=O) groups excluding carboxylic acids is 3. The molecule has 9 heteroatoms. The molecule has 9 nitrogen and oxygen atoms in total. The van der Waals surface area contributed by atoms with Crippen LogP contribution in [0, 0.1) is 0 Å². The van der Waals surface area contributed by atoms with Gasteiger partial charge in [0.25, 0.3) is 5.91 Å². The highest BCUT2D eigenvalue weighted by Crippen LogP contribution is 2.26. The summed E-state index contributed by atoms with van der Waals surface area (Å²) in [6.45, 7) is 6.73. The topological polar surface area (TPSA) is 105 Å². The maximum Gasteiger partial charge on any atom is 0.410 e. The number of carbonyl (C=O) groups is 3. The maximum atomic E-state index is 12.9. The minimum atomic E-state index is -0.518. The molecule has 1 aromatic heterocycles. The Morgan fingerprint density at radius 1 is 0.969 bits per heavy atom. The number of benzene rings is 1. The van der Waals surface area contributed by atoms with E-state index in [1.165, 1.54) is 0 Å². The molecule has 4 amide bonds. The SMILES string of the molecule is CNC(=O)Nc1ccc(NC(=O)c2cccn2C2CCN(C(=O)OC(C)(C)C)CC2)cc1. The Bertz CT molecular complexity index is 954. The molecule has 1 fully saturated rings. The van der Waals surface area contributed by atoms with Crippen molar-refractivity contribution >= 4 is 29.4 Å². The average Bonchev–Trinajstić information content (AvgIpc) is 3.24. The first-order valence-corrected chi connectivity index (χ1v) is 10.7. The van der Waals surface area contributed by atoms with Gasteiger partial charge in [0.05, 0.1) is 0 Å². The summed E-state index contributed by atoms with van der Waals surface area (Å²) in [6, 6.07) is 10.4. The van der Waals surface area contributed by atoms with Crippen LogP contribution >= 0.6 is 0 Å². The Hall–Kier alpha value is -3.49. The molecular formula is C23H31N5O4. The molecule has 172 valence electrons.